The lowest BCUT2D eigenvalue weighted by atomic mass is 9.93. The summed E-state index contributed by atoms with van der Waals surface area (Å²) < 4.78 is 0. The quantitative estimate of drug-likeness (QED) is 0.681. The zero-order valence-electron chi connectivity index (χ0n) is 10.4. The van der Waals surface area contributed by atoms with E-state index in [2.05, 4.69) is 31.4 Å². The molecule has 0 heterocycles. The van der Waals surface area contributed by atoms with E-state index in [4.69, 9.17) is 0 Å². The van der Waals surface area contributed by atoms with Crippen molar-refractivity contribution in [1.29, 1.82) is 0 Å². The third-order valence-corrected chi connectivity index (χ3v) is 4.34. The molecule has 90 valence electrons. The summed E-state index contributed by atoms with van der Waals surface area (Å²) in [5.74, 6) is 1.83. The Morgan fingerprint density at radius 2 is 1.87 bits per heavy atom. The zero-order valence-corrected chi connectivity index (χ0v) is 11.3. The molecule has 1 unspecified atom stereocenters. The maximum Gasteiger partial charge on any atom is 0.00952 e. The first-order valence-corrected chi connectivity index (χ1v) is 7.29. The van der Waals surface area contributed by atoms with E-state index in [0.717, 1.165) is 17.7 Å². The number of hydrogen-bond donors (Lipinski definition) is 1. The van der Waals surface area contributed by atoms with Gasteiger partial charge in [-0.25, -0.2) is 0 Å². The van der Waals surface area contributed by atoms with Crippen molar-refractivity contribution >= 4 is 12.6 Å². The normalized spacial score (nSPS) is 20.8. The van der Waals surface area contributed by atoms with Crippen molar-refractivity contribution in [3.05, 3.63) is 0 Å². The lowest BCUT2D eigenvalue weighted by molar-refractivity contribution is 0.143. The SMILES string of the molecule is CCC(CS)CN(CC)C1CCCCC1. The Hall–Kier alpha value is 0.310. The van der Waals surface area contributed by atoms with E-state index in [1.54, 1.807) is 0 Å². The minimum atomic E-state index is 0.787. The van der Waals surface area contributed by atoms with Gasteiger partial charge >= 0.3 is 0 Å². The van der Waals surface area contributed by atoms with Gasteiger partial charge in [0.15, 0.2) is 0 Å². The Morgan fingerprint density at radius 3 is 2.33 bits per heavy atom. The lowest BCUT2D eigenvalue weighted by Crippen LogP contribution is -2.40. The van der Waals surface area contributed by atoms with E-state index in [1.165, 1.54) is 51.6 Å². The van der Waals surface area contributed by atoms with Gasteiger partial charge in [0.25, 0.3) is 0 Å². The Morgan fingerprint density at radius 1 is 1.20 bits per heavy atom. The molecule has 2 heteroatoms. The van der Waals surface area contributed by atoms with Crippen LogP contribution in [0.25, 0.3) is 0 Å². The maximum absolute atomic E-state index is 4.45. The second-order valence-electron chi connectivity index (χ2n) is 4.84. The molecule has 0 aliphatic heterocycles. The van der Waals surface area contributed by atoms with Gasteiger partial charge in [-0.1, -0.05) is 39.5 Å². The van der Waals surface area contributed by atoms with Crippen LogP contribution < -0.4 is 0 Å². The molecule has 0 bridgehead atoms. The molecule has 0 saturated heterocycles. The first-order chi connectivity index (χ1) is 7.31. The van der Waals surface area contributed by atoms with Gasteiger partial charge in [-0.3, -0.25) is 0 Å². The maximum atomic E-state index is 4.45. The van der Waals surface area contributed by atoms with Crippen molar-refractivity contribution in [2.45, 2.75) is 58.4 Å². The predicted octanol–water partition coefficient (Wildman–Crippen LogP) is 3.60. The fourth-order valence-corrected chi connectivity index (χ4v) is 3.00. The molecule has 1 nitrogen and oxygen atoms in total. The molecule has 0 aromatic rings. The predicted molar refractivity (Wildman–Crippen MR) is 71.8 cm³/mol. The van der Waals surface area contributed by atoms with Crippen molar-refractivity contribution in [3.8, 4) is 0 Å². The summed E-state index contributed by atoms with van der Waals surface area (Å²) in [5, 5.41) is 0. The summed E-state index contributed by atoms with van der Waals surface area (Å²) in [6.45, 7) is 7.07. The molecule has 0 aromatic heterocycles. The van der Waals surface area contributed by atoms with Gasteiger partial charge in [-0.15, -0.1) is 0 Å². The van der Waals surface area contributed by atoms with Crippen molar-refractivity contribution < 1.29 is 0 Å². The van der Waals surface area contributed by atoms with Gasteiger partial charge in [0.1, 0.15) is 0 Å². The molecule has 0 N–H and O–H groups in total. The fourth-order valence-electron chi connectivity index (χ4n) is 2.63. The molecular weight excluding hydrogens is 202 g/mol. The highest BCUT2D eigenvalue weighted by molar-refractivity contribution is 7.80. The van der Waals surface area contributed by atoms with Crippen LogP contribution in [0.1, 0.15) is 52.4 Å². The first kappa shape index (κ1) is 13.4. The van der Waals surface area contributed by atoms with Crippen LogP contribution in [0.3, 0.4) is 0 Å². The molecule has 1 fully saturated rings. The van der Waals surface area contributed by atoms with Crippen LogP contribution in [0.2, 0.25) is 0 Å². The third kappa shape index (κ3) is 4.36. The minimum absolute atomic E-state index is 0.787. The van der Waals surface area contributed by atoms with Crippen molar-refractivity contribution in [1.82, 2.24) is 4.90 Å². The Bertz CT molecular complexity index is 151. The summed E-state index contributed by atoms with van der Waals surface area (Å²) in [4.78, 5) is 2.70. The van der Waals surface area contributed by atoms with Crippen LogP contribution >= 0.6 is 12.6 Å². The molecule has 0 spiro atoms. The highest BCUT2D eigenvalue weighted by atomic mass is 32.1. The van der Waals surface area contributed by atoms with Crippen LogP contribution in [-0.2, 0) is 0 Å². The molecule has 1 aliphatic rings. The smallest absolute Gasteiger partial charge is 0.00952 e. The Balaban J connectivity index is 2.38. The van der Waals surface area contributed by atoms with Gasteiger partial charge in [-0.2, -0.15) is 12.6 Å². The molecule has 1 saturated carbocycles. The van der Waals surface area contributed by atoms with Gasteiger partial charge in [-0.05, 0) is 31.1 Å². The van der Waals surface area contributed by atoms with Gasteiger partial charge in [0, 0.05) is 12.6 Å². The number of rotatable bonds is 6. The van der Waals surface area contributed by atoms with Crippen molar-refractivity contribution in [2.75, 3.05) is 18.8 Å². The number of nitrogens with zero attached hydrogens (tertiary/aromatic N) is 1. The van der Waals surface area contributed by atoms with Crippen LogP contribution in [0, 0.1) is 5.92 Å². The third-order valence-electron chi connectivity index (χ3n) is 3.83. The first-order valence-electron chi connectivity index (χ1n) is 6.66. The van der Waals surface area contributed by atoms with Crippen molar-refractivity contribution in [3.63, 3.8) is 0 Å². The molecule has 1 rings (SSSR count). The van der Waals surface area contributed by atoms with E-state index in [1.807, 2.05) is 0 Å². The molecule has 1 atom stereocenters. The van der Waals surface area contributed by atoms with Gasteiger partial charge in [0.05, 0.1) is 0 Å². The molecule has 0 amide bonds. The number of thiol groups is 1. The lowest BCUT2D eigenvalue weighted by Gasteiger charge is -2.35. The Labute approximate surface area is 101 Å². The molecule has 15 heavy (non-hydrogen) atoms. The molecular formula is C13H27NS. The average molecular weight is 229 g/mol. The zero-order chi connectivity index (χ0) is 11.1. The minimum Gasteiger partial charge on any atom is -0.300 e. The van der Waals surface area contributed by atoms with Crippen molar-refractivity contribution in [2.24, 2.45) is 5.92 Å². The topological polar surface area (TPSA) is 3.24 Å². The summed E-state index contributed by atoms with van der Waals surface area (Å²) in [7, 11) is 0. The Kier molecular flexibility index (Phi) is 6.74. The van der Waals surface area contributed by atoms with Crippen LogP contribution in [0.5, 0.6) is 0 Å². The summed E-state index contributed by atoms with van der Waals surface area (Å²) in [6.07, 6.45) is 8.47. The molecule has 0 aromatic carbocycles. The van der Waals surface area contributed by atoms with E-state index in [-0.39, 0.29) is 0 Å². The van der Waals surface area contributed by atoms with E-state index in [0.29, 0.717) is 0 Å². The molecule has 0 radical (unpaired) electrons. The van der Waals surface area contributed by atoms with Crippen LogP contribution in [0.15, 0.2) is 0 Å². The van der Waals surface area contributed by atoms with Gasteiger partial charge in [0.2, 0.25) is 0 Å². The average Bonchev–Trinajstić information content (AvgIpc) is 2.32. The fraction of sp³-hybridized carbons (Fsp3) is 1.00. The van der Waals surface area contributed by atoms with Gasteiger partial charge < -0.3 is 4.90 Å². The molecule has 1 aliphatic carbocycles. The van der Waals surface area contributed by atoms with Crippen LogP contribution in [0.4, 0.5) is 0 Å². The second kappa shape index (κ2) is 7.56. The van der Waals surface area contributed by atoms with Crippen LogP contribution in [-0.4, -0.2) is 29.8 Å². The summed E-state index contributed by atoms with van der Waals surface area (Å²) >= 11 is 4.45. The van der Waals surface area contributed by atoms with E-state index < -0.39 is 0 Å². The largest absolute Gasteiger partial charge is 0.300 e. The van der Waals surface area contributed by atoms with E-state index >= 15 is 0 Å². The monoisotopic (exact) mass is 229 g/mol. The highest BCUT2D eigenvalue weighted by Gasteiger charge is 2.21. The number of hydrogen-bond acceptors (Lipinski definition) is 2. The standard InChI is InChI=1S/C13H27NS/c1-3-12(11-15)10-14(4-2)13-8-6-5-7-9-13/h12-13,15H,3-11H2,1-2H3. The summed E-state index contributed by atoms with van der Waals surface area (Å²) in [6, 6.07) is 0.873. The second-order valence-corrected chi connectivity index (χ2v) is 5.20. The summed E-state index contributed by atoms with van der Waals surface area (Å²) in [5.41, 5.74) is 0. The highest BCUT2D eigenvalue weighted by Crippen LogP contribution is 2.23. The van der Waals surface area contributed by atoms with E-state index in [9.17, 15) is 0 Å².